The molecule has 1 saturated carbocycles. The Morgan fingerprint density at radius 3 is 2.96 bits per heavy atom. The number of hydrogen-bond donors (Lipinski definition) is 1. The van der Waals surface area contributed by atoms with Crippen LogP contribution in [0.3, 0.4) is 0 Å². The molecule has 4 rings (SSSR count). The van der Waals surface area contributed by atoms with Gasteiger partial charge in [-0.1, -0.05) is 18.2 Å². The van der Waals surface area contributed by atoms with Crippen molar-refractivity contribution in [3.63, 3.8) is 0 Å². The molecule has 2 aromatic heterocycles. The average molecular weight is 320 g/mol. The minimum Gasteiger partial charge on any atom is -0.348 e. The fourth-order valence-corrected chi connectivity index (χ4v) is 3.03. The number of benzene rings is 1. The second kappa shape index (κ2) is 6.07. The van der Waals surface area contributed by atoms with Crippen LogP contribution in [0.2, 0.25) is 0 Å². The van der Waals surface area contributed by atoms with Crippen LogP contribution in [0.25, 0.3) is 10.9 Å². The molecule has 1 aromatic carbocycles. The first kappa shape index (κ1) is 14.9. The van der Waals surface area contributed by atoms with Crippen molar-refractivity contribution in [1.82, 2.24) is 19.9 Å². The molecule has 2 heterocycles. The van der Waals surface area contributed by atoms with E-state index in [-0.39, 0.29) is 11.9 Å². The van der Waals surface area contributed by atoms with Crippen molar-refractivity contribution in [1.29, 1.82) is 0 Å². The molecule has 1 aliphatic carbocycles. The third kappa shape index (κ3) is 3.02. The monoisotopic (exact) mass is 320 g/mol. The number of aromatic nitrogens is 3. The summed E-state index contributed by atoms with van der Waals surface area (Å²) in [5.74, 6) is 0.479. The predicted molar refractivity (Wildman–Crippen MR) is 92.9 cm³/mol. The Balaban J connectivity index is 1.61. The number of carbonyl (C=O) groups excluding carboxylic acids is 1. The quantitative estimate of drug-likeness (QED) is 0.786. The molecule has 1 N–H and O–H groups in total. The van der Waals surface area contributed by atoms with Gasteiger partial charge in [0.2, 0.25) is 0 Å². The van der Waals surface area contributed by atoms with Crippen LogP contribution in [0.1, 0.15) is 41.7 Å². The summed E-state index contributed by atoms with van der Waals surface area (Å²) in [5.41, 5.74) is 2.66. The Bertz CT molecular complexity index is 868. The van der Waals surface area contributed by atoms with Gasteiger partial charge in [0.1, 0.15) is 0 Å². The normalized spacial score (nSPS) is 15.4. The molecule has 122 valence electrons. The minimum absolute atomic E-state index is 0.0167. The lowest BCUT2D eigenvalue weighted by Gasteiger charge is -2.16. The molecule has 0 spiro atoms. The molecule has 0 bridgehead atoms. The Morgan fingerprint density at radius 2 is 2.21 bits per heavy atom. The van der Waals surface area contributed by atoms with Crippen LogP contribution in [0.15, 0.2) is 49.1 Å². The van der Waals surface area contributed by atoms with E-state index in [4.69, 9.17) is 4.98 Å². The number of hydrogen-bond acceptors (Lipinski definition) is 3. The van der Waals surface area contributed by atoms with Crippen LogP contribution in [0.4, 0.5) is 0 Å². The highest BCUT2D eigenvalue weighted by Crippen LogP contribution is 2.40. The van der Waals surface area contributed by atoms with E-state index in [9.17, 15) is 4.79 Å². The summed E-state index contributed by atoms with van der Waals surface area (Å²) in [7, 11) is 0. The van der Waals surface area contributed by atoms with Crippen LogP contribution in [0.5, 0.6) is 0 Å². The summed E-state index contributed by atoms with van der Waals surface area (Å²) in [6.45, 7) is 2.70. The van der Waals surface area contributed by atoms with Crippen molar-refractivity contribution in [2.24, 2.45) is 0 Å². The van der Waals surface area contributed by atoms with Gasteiger partial charge < -0.3 is 9.88 Å². The lowest BCUT2D eigenvalue weighted by atomic mass is 10.0. The van der Waals surface area contributed by atoms with E-state index in [1.165, 1.54) is 12.8 Å². The van der Waals surface area contributed by atoms with Gasteiger partial charge in [-0.05, 0) is 31.9 Å². The number of pyridine rings is 1. The summed E-state index contributed by atoms with van der Waals surface area (Å²) < 4.78 is 1.96. The number of nitrogens with zero attached hydrogens (tertiary/aromatic N) is 3. The topological polar surface area (TPSA) is 59.8 Å². The lowest BCUT2D eigenvalue weighted by molar-refractivity contribution is 0.0938. The minimum atomic E-state index is -0.0388. The molecule has 1 fully saturated rings. The van der Waals surface area contributed by atoms with Crippen LogP contribution in [0, 0.1) is 0 Å². The van der Waals surface area contributed by atoms with Gasteiger partial charge in [0.15, 0.2) is 0 Å². The van der Waals surface area contributed by atoms with Gasteiger partial charge in [-0.15, -0.1) is 0 Å². The van der Waals surface area contributed by atoms with E-state index in [0.29, 0.717) is 12.5 Å². The number of rotatable bonds is 5. The Labute approximate surface area is 140 Å². The van der Waals surface area contributed by atoms with E-state index >= 15 is 0 Å². The zero-order valence-electron chi connectivity index (χ0n) is 13.6. The largest absolute Gasteiger partial charge is 0.348 e. The van der Waals surface area contributed by atoms with Crippen LogP contribution >= 0.6 is 0 Å². The van der Waals surface area contributed by atoms with E-state index in [0.717, 1.165) is 22.2 Å². The maximum absolute atomic E-state index is 12.8. The van der Waals surface area contributed by atoms with E-state index in [1.54, 1.807) is 12.5 Å². The molecule has 0 aliphatic heterocycles. The molecule has 5 nitrogen and oxygen atoms in total. The Hall–Kier alpha value is -2.69. The van der Waals surface area contributed by atoms with Crippen LogP contribution in [-0.4, -0.2) is 26.5 Å². The Morgan fingerprint density at radius 1 is 1.38 bits per heavy atom. The Kier molecular flexibility index (Phi) is 3.76. The SMILES string of the molecule is C[C@@H](Cn1ccnc1)NC(=O)c1cc(C2CC2)nc2ccccc12. The maximum Gasteiger partial charge on any atom is 0.252 e. The third-order valence-electron chi connectivity index (χ3n) is 4.40. The molecule has 1 atom stereocenters. The molecule has 0 saturated heterocycles. The molecule has 1 amide bonds. The fraction of sp³-hybridized carbons (Fsp3) is 0.316. The first-order valence-corrected chi connectivity index (χ1v) is 8.37. The van der Waals surface area contributed by atoms with Crippen molar-refractivity contribution >= 4 is 16.8 Å². The number of carbonyl (C=O) groups is 1. The molecule has 1 aliphatic rings. The standard InChI is InChI=1S/C19H20N4O/c1-13(11-23-9-8-20-12-23)21-19(24)16-10-18(14-6-7-14)22-17-5-3-2-4-15(16)17/h2-5,8-10,12-14H,6-7,11H2,1H3,(H,21,24)/t13-/m0/s1. The van der Waals surface area contributed by atoms with Crippen molar-refractivity contribution in [3.05, 3.63) is 60.3 Å². The van der Waals surface area contributed by atoms with Gasteiger partial charge >= 0.3 is 0 Å². The number of para-hydroxylation sites is 1. The molecule has 3 aromatic rings. The molecule has 24 heavy (non-hydrogen) atoms. The molecule has 0 radical (unpaired) electrons. The summed E-state index contributed by atoms with van der Waals surface area (Å²) in [5, 5.41) is 4.01. The summed E-state index contributed by atoms with van der Waals surface area (Å²) in [6, 6.07) is 9.85. The number of nitrogens with one attached hydrogen (secondary N) is 1. The summed E-state index contributed by atoms with van der Waals surface area (Å²) >= 11 is 0. The first-order chi connectivity index (χ1) is 11.7. The molecular formula is C19H20N4O. The van der Waals surface area contributed by atoms with Crippen molar-refractivity contribution in [3.8, 4) is 0 Å². The molecular weight excluding hydrogens is 300 g/mol. The van der Waals surface area contributed by atoms with Gasteiger partial charge in [-0.3, -0.25) is 9.78 Å². The van der Waals surface area contributed by atoms with Gasteiger partial charge in [-0.25, -0.2) is 4.98 Å². The van der Waals surface area contributed by atoms with Crippen molar-refractivity contribution in [2.75, 3.05) is 0 Å². The predicted octanol–water partition coefficient (Wildman–Crippen LogP) is 3.13. The first-order valence-electron chi connectivity index (χ1n) is 8.37. The average Bonchev–Trinajstić information content (AvgIpc) is 3.32. The van der Waals surface area contributed by atoms with Crippen LogP contribution in [-0.2, 0) is 6.54 Å². The number of imidazole rings is 1. The fourth-order valence-electron chi connectivity index (χ4n) is 3.03. The van der Waals surface area contributed by atoms with Crippen LogP contribution < -0.4 is 5.32 Å². The third-order valence-corrected chi connectivity index (χ3v) is 4.40. The summed E-state index contributed by atoms with van der Waals surface area (Å²) in [4.78, 5) is 21.6. The van der Waals surface area contributed by atoms with Crippen molar-refractivity contribution < 1.29 is 4.79 Å². The number of fused-ring (bicyclic) bond motifs is 1. The highest BCUT2D eigenvalue weighted by Gasteiger charge is 2.27. The zero-order chi connectivity index (χ0) is 16.5. The number of amides is 1. The second-order valence-corrected chi connectivity index (χ2v) is 6.52. The lowest BCUT2D eigenvalue weighted by Crippen LogP contribution is -2.35. The van der Waals surface area contributed by atoms with E-state index in [2.05, 4.69) is 10.3 Å². The highest BCUT2D eigenvalue weighted by molar-refractivity contribution is 6.06. The summed E-state index contributed by atoms with van der Waals surface area (Å²) in [6.07, 6.45) is 7.74. The van der Waals surface area contributed by atoms with Gasteiger partial charge in [0.05, 0.1) is 17.4 Å². The van der Waals surface area contributed by atoms with Gasteiger partial charge in [0, 0.05) is 42.0 Å². The maximum atomic E-state index is 12.8. The second-order valence-electron chi connectivity index (χ2n) is 6.52. The van der Waals surface area contributed by atoms with Gasteiger partial charge in [-0.2, -0.15) is 0 Å². The van der Waals surface area contributed by atoms with E-state index < -0.39 is 0 Å². The smallest absolute Gasteiger partial charge is 0.252 e. The van der Waals surface area contributed by atoms with Crippen molar-refractivity contribution in [2.45, 2.75) is 38.3 Å². The highest BCUT2D eigenvalue weighted by atomic mass is 16.1. The molecule has 5 heteroatoms. The van der Waals surface area contributed by atoms with Gasteiger partial charge in [0.25, 0.3) is 5.91 Å². The zero-order valence-corrected chi connectivity index (χ0v) is 13.6. The molecule has 0 unspecified atom stereocenters. The van der Waals surface area contributed by atoms with E-state index in [1.807, 2.05) is 48.0 Å².